The molecule has 1 N–H and O–H groups in total. The Morgan fingerprint density at radius 3 is 3.10 bits per heavy atom. The Kier molecular flexibility index (Phi) is 2.84. The maximum absolute atomic E-state index is 4.78. The highest BCUT2D eigenvalue weighted by molar-refractivity contribution is 5.78. The van der Waals surface area contributed by atoms with Gasteiger partial charge in [-0.1, -0.05) is 25.1 Å². The van der Waals surface area contributed by atoms with Gasteiger partial charge in [0, 0.05) is 37.3 Å². The van der Waals surface area contributed by atoms with Crippen LogP contribution in [0.2, 0.25) is 0 Å². The topological polar surface area (TPSA) is 41.0 Å². The Bertz CT molecular complexity index is 627. The van der Waals surface area contributed by atoms with Crippen LogP contribution in [0.5, 0.6) is 0 Å². The molecule has 3 atom stereocenters. The van der Waals surface area contributed by atoms with Crippen molar-refractivity contribution < 1.29 is 0 Å². The maximum Gasteiger partial charge on any atom is 0.226 e. The molecule has 20 heavy (non-hydrogen) atoms. The number of nitrogens with zero attached hydrogens (tertiary/aromatic N) is 3. The zero-order chi connectivity index (χ0) is 13.5. The smallest absolute Gasteiger partial charge is 0.226 e. The van der Waals surface area contributed by atoms with Crippen LogP contribution in [0.15, 0.2) is 30.5 Å². The van der Waals surface area contributed by atoms with Crippen LogP contribution in [0.25, 0.3) is 10.9 Å². The van der Waals surface area contributed by atoms with E-state index in [9.17, 15) is 0 Å². The highest BCUT2D eigenvalue weighted by Crippen LogP contribution is 2.36. The van der Waals surface area contributed by atoms with Crippen molar-refractivity contribution in [2.75, 3.05) is 24.5 Å². The Hall–Kier alpha value is -1.68. The van der Waals surface area contributed by atoms with Crippen molar-refractivity contribution in [3.8, 4) is 0 Å². The third-order valence-electron chi connectivity index (χ3n) is 4.87. The van der Waals surface area contributed by atoms with Crippen molar-refractivity contribution in [3.05, 3.63) is 30.5 Å². The van der Waals surface area contributed by atoms with E-state index in [0.29, 0.717) is 6.04 Å². The normalized spacial score (nSPS) is 29.1. The summed E-state index contributed by atoms with van der Waals surface area (Å²) in [5.74, 6) is 2.43. The largest absolute Gasteiger partial charge is 0.337 e. The molecule has 0 amide bonds. The Balaban J connectivity index is 1.71. The minimum absolute atomic E-state index is 0.580. The first kappa shape index (κ1) is 12.1. The lowest BCUT2D eigenvalue weighted by Gasteiger charge is -2.26. The molecule has 2 saturated heterocycles. The van der Waals surface area contributed by atoms with Gasteiger partial charge >= 0.3 is 0 Å². The second-order valence-electron chi connectivity index (χ2n) is 5.94. The van der Waals surface area contributed by atoms with Gasteiger partial charge in [0.1, 0.15) is 0 Å². The molecule has 0 aliphatic carbocycles. The van der Waals surface area contributed by atoms with Crippen molar-refractivity contribution in [1.29, 1.82) is 0 Å². The van der Waals surface area contributed by atoms with E-state index < -0.39 is 0 Å². The van der Waals surface area contributed by atoms with Gasteiger partial charge in [-0.25, -0.2) is 9.97 Å². The number of anilines is 1. The van der Waals surface area contributed by atoms with Gasteiger partial charge in [0.15, 0.2) is 0 Å². The molecule has 104 valence electrons. The van der Waals surface area contributed by atoms with E-state index in [2.05, 4.69) is 34.3 Å². The molecule has 2 aliphatic rings. The van der Waals surface area contributed by atoms with Crippen molar-refractivity contribution in [3.63, 3.8) is 0 Å². The van der Waals surface area contributed by atoms with Crippen LogP contribution in [-0.4, -0.2) is 35.6 Å². The number of fused-ring (bicyclic) bond motifs is 2. The molecule has 0 spiro atoms. The van der Waals surface area contributed by atoms with Crippen LogP contribution in [0.4, 0.5) is 5.95 Å². The Morgan fingerprint density at radius 2 is 2.20 bits per heavy atom. The van der Waals surface area contributed by atoms with E-state index in [0.717, 1.165) is 48.3 Å². The van der Waals surface area contributed by atoms with Gasteiger partial charge < -0.3 is 10.2 Å². The van der Waals surface area contributed by atoms with Crippen LogP contribution < -0.4 is 10.2 Å². The first-order valence-corrected chi connectivity index (χ1v) is 7.56. The lowest BCUT2D eigenvalue weighted by Crippen LogP contribution is -2.36. The molecular weight excluding hydrogens is 248 g/mol. The summed E-state index contributed by atoms with van der Waals surface area (Å²) in [4.78, 5) is 11.8. The summed E-state index contributed by atoms with van der Waals surface area (Å²) in [7, 11) is 0. The molecule has 3 unspecified atom stereocenters. The zero-order valence-corrected chi connectivity index (χ0v) is 11.8. The van der Waals surface area contributed by atoms with E-state index in [1.165, 1.54) is 6.42 Å². The number of hydrogen-bond donors (Lipinski definition) is 1. The van der Waals surface area contributed by atoms with Gasteiger partial charge in [-0.3, -0.25) is 0 Å². The summed E-state index contributed by atoms with van der Waals surface area (Å²) in [6.45, 7) is 5.66. The molecule has 4 rings (SSSR count). The fraction of sp³-hybridized carbons (Fsp3) is 0.500. The van der Waals surface area contributed by atoms with Crippen molar-refractivity contribution >= 4 is 16.9 Å². The average Bonchev–Trinajstić information content (AvgIpc) is 3.07. The molecule has 1 aromatic heterocycles. The van der Waals surface area contributed by atoms with Gasteiger partial charge in [0.05, 0.1) is 5.52 Å². The first-order valence-electron chi connectivity index (χ1n) is 7.56. The van der Waals surface area contributed by atoms with Gasteiger partial charge in [-0.15, -0.1) is 0 Å². The monoisotopic (exact) mass is 268 g/mol. The fourth-order valence-electron chi connectivity index (χ4n) is 3.88. The quantitative estimate of drug-likeness (QED) is 0.905. The van der Waals surface area contributed by atoms with Crippen LogP contribution >= 0.6 is 0 Å². The van der Waals surface area contributed by atoms with E-state index in [1.807, 2.05) is 18.3 Å². The molecule has 2 aliphatic heterocycles. The predicted octanol–water partition coefficient (Wildman–Crippen LogP) is 2.06. The van der Waals surface area contributed by atoms with Crippen LogP contribution in [0.3, 0.4) is 0 Å². The summed E-state index contributed by atoms with van der Waals surface area (Å²) >= 11 is 0. The summed E-state index contributed by atoms with van der Waals surface area (Å²) in [5.41, 5.74) is 1.04. The van der Waals surface area contributed by atoms with E-state index >= 15 is 0 Å². The standard InChI is InChI=1S/C16H20N4/c1-2-15-13-9-17-7-12(13)10-20(15)16-18-8-11-5-3-4-6-14(11)19-16/h3-6,8,12-13,15,17H,2,7,9-10H2,1H3. The summed E-state index contributed by atoms with van der Waals surface area (Å²) in [5, 5.41) is 4.64. The summed E-state index contributed by atoms with van der Waals surface area (Å²) in [6.07, 6.45) is 3.12. The van der Waals surface area contributed by atoms with E-state index in [-0.39, 0.29) is 0 Å². The number of para-hydroxylation sites is 1. The van der Waals surface area contributed by atoms with Crippen molar-refractivity contribution in [2.24, 2.45) is 11.8 Å². The second-order valence-corrected chi connectivity index (χ2v) is 5.94. The molecule has 3 heterocycles. The lowest BCUT2D eigenvalue weighted by molar-refractivity contribution is 0.441. The van der Waals surface area contributed by atoms with Gasteiger partial charge in [0.2, 0.25) is 5.95 Å². The minimum atomic E-state index is 0.580. The highest BCUT2D eigenvalue weighted by atomic mass is 15.3. The van der Waals surface area contributed by atoms with Gasteiger partial charge in [-0.2, -0.15) is 0 Å². The predicted molar refractivity (Wildman–Crippen MR) is 80.8 cm³/mol. The molecule has 0 saturated carbocycles. The van der Waals surface area contributed by atoms with Gasteiger partial charge in [-0.05, 0) is 24.3 Å². The molecule has 4 heteroatoms. The van der Waals surface area contributed by atoms with Crippen LogP contribution in [0, 0.1) is 11.8 Å². The zero-order valence-electron chi connectivity index (χ0n) is 11.8. The van der Waals surface area contributed by atoms with E-state index in [4.69, 9.17) is 4.98 Å². The second kappa shape index (κ2) is 4.70. The van der Waals surface area contributed by atoms with Crippen molar-refractivity contribution in [1.82, 2.24) is 15.3 Å². The highest BCUT2D eigenvalue weighted by Gasteiger charge is 2.44. The number of nitrogens with one attached hydrogen (secondary N) is 1. The Morgan fingerprint density at radius 1 is 1.30 bits per heavy atom. The Labute approximate surface area is 119 Å². The maximum atomic E-state index is 4.78. The molecule has 2 fully saturated rings. The molecule has 2 aromatic rings. The molecular formula is C16H20N4. The number of hydrogen-bond acceptors (Lipinski definition) is 4. The summed E-state index contributed by atoms with van der Waals surface area (Å²) in [6, 6.07) is 8.79. The minimum Gasteiger partial charge on any atom is -0.337 e. The molecule has 4 nitrogen and oxygen atoms in total. The molecule has 1 aromatic carbocycles. The number of rotatable bonds is 2. The first-order chi connectivity index (χ1) is 9.86. The lowest BCUT2D eigenvalue weighted by atomic mass is 9.93. The third-order valence-corrected chi connectivity index (χ3v) is 4.87. The fourth-order valence-corrected chi connectivity index (χ4v) is 3.88. The number of benzene rings is 1. The van der Waals surface area contributed by atoms with Crippen LogP contribution in [-0.2, 0) is 0 Å². The van der Waals surface area contributed by atoms with E-state index in [1.54, 1.807) is 0 Å². The molecule has 0 radical (unpaired) electrons. The summed E-state index contributed by atoms with van der Waals surface area (Å²) < 4.78 is 0. The number of aromatic nitrogens is 2. The molecule has 0 bridgehead atoms. The third kappa shape index (κ3) is 1.79. The van der Waals surface area contributed by atoms with Crippen molar-refractivity contribution in [2.45, 2.75) is 19.4 Å². The van der Waals surface area contributed by atoms with Crippen LogP contribution in [0.1, 0.15) is 13.3 Å². The SMILES string of the molecule is CCC1C2CNCC2CN1c1ncc2ccccc2n1. The van der Waals surface area contributed by atoms with Gasteiger partial charge in [0.25, 0.3) is 0 Å². The average molecular weight is 268 g/mol.